The molecule has 22 heavy (non-hydrogen) atoms. The monoisotopic (exact) mass is 306 g/mol. The van der Waals surface area contributed by atoms with Gasteiger partial charge in [0.25, 0.3) is 0 Å². The van der Waals surface area contributed by atoms with Crippen LogP contribution in [0.1, 0.15) is 37.2 Å². The molecular formula is C16H22N2O4. The van der Waals surface area contributed by atoms with Crippen LogP contribution in [0.4, 0.5) is 5.82 Å². The molecule has 3 unspecified atom stereocenters. The molecule has 1 N–H and O–H groups in total. The number of carboxylic acids is 1. The third-order valence-corrected chi connectivity index (χ3v) is 4.30. The highest BCUT2D eigenvalue weighted by molar-refractivity contribution is 5.85. The number of rotatable bonds is 2. The molecule has 2 aliphatic rings. The van der Waals surface area contributed by atoms with E-state index in [1.807, 2.05) is 6.07 Å². The van der Waals surface area contributed by atoms with Gasteiger partial charge in [0.1, 0.15) is 5.82 Å². The Morgan fingerprint density at radius 2 is 2.23 bits per heavy atom. The minimum absolute atomic E-state index is 0.0750. The topological polar surface area (TPSA) is 71.9 Å². The minimum atomic E-state index is -1.00. The zero-order valence-electron chi connectivity index (χ0n) is 13.0. The predicted molar refractivity (Wildman–Crippen MR) is 81.3 cm³/mol. The molecule has 1 spiro atoms. The Balaban J connectivity index is 1.84. The lowest BCUT2D eigenvalue weighted by Crippen LogP contribution is -2.58. The second-order valence-electron chi connectivity index (χ2n) is 6.31. The molecule has 0 saturated carbocycles. The number of nitrogens with zero attached hydrogens (tertiary/aromatic N) is 2. The van der Waals surface area contributed by atoms with Crippen LogP contribution in [0, 0.1) is 0 Å². The normalized spacial score (nSPS) is 32.2. The van der Waals surface area contributed by atoms with E-state index in [0.29, 0.717) is 19.0 Å². The SMILES string of the molecule is CC1CC2(CCO1)CN(c1cccc(C(=O)O)n1)CC(C)O2. The van der Waals surface area contributed by atoms with Crippen LogP contribution in [0.2, 0.25) is 0 Å². The summed E-state index contributed by atoms with van der Waals surface area (Å²) in [4.78, 5) is 17.5. The summed E-state index contributed by atoms with van der Waals surface area (Å²) in [6.07, 6.45) is 1.97. The van der Waals surface area contributed by atoms with Crippen molar-refractivity contribution in [2.75, 3.05) is 24.6 Å². The number of morpholine rings is 1. The molecule has 0 aliphatic carbocycles. The van der Waals surface area contributed by atoms with Crippen molar-refractivity contribution in [2.45, 2.75) is 44.5 Å². The molecule has 2 saturated heterocycles. The van der Waals surface area contributed by atoms with Gasteiger partial charge in [0.15, 0.2) is 5.69 Å². The number of aromatic nitrogens is 1. The van der Waals surface area contributed by atoms with Gasteiger partial charge < -0.3 is 19.5 Å². The Kier molecular flexibility index (Phi) is 4.06. The molecule has 3 atom stereocenters. The van der Waals surface area contributed by atoms with Gasteiger partial charge in [-0.15, -0.1) is 0 Å². The summed E-state index contributed by atoms with van der Waals surface area (Å²) >= 11 is 0. The van der Waals surface area contributed by atoms with E-state index in [4.69, 9.17) is 14.6 Å². The molecule has 1 aromatic heterocycles. The molecule has 0 bridgehead atoms. The number of ether oxygens (including phenoxy) is 2. The highest BCUT2D eigenvalue weighted by Crippen LogP contribution is 2.35. The van der Waals surface area contributed by atoms with Gasteiger partial charge in [0.05, 0.1) is 17.8 Å². The van der Waals surface area contributed by atoms with Crippen LogP contribution >= 0.6 is 0 Å². The largest absolute Gasteiger partial charge is 0.477 e. The van der Waals surface area contributed by atoms with Crippen LogP contribution in [0.25, 0.3) is 0 Å². The fourth-order valence-corrected chi connectivity index (χ4v) is 3.50. The summed E-state index contributed by atoms with van der Waals surface area (Å²) < 4.78 is 11.9. The van der Waals surface area contributed by atoms with Crippen molar-refractivity contribution < 1.29 is 19.4 Å². The molecule has 0 aromatic carbocycles. The Labute approximate surface area is 130 Å². The third-order valence-electron chi connectivity index (χ3n) is 4.30. The molecule has 3 heterocycles. The maximum Gasteiger partial charge on any atom is 0.354 e. The van der Waals surface area contributed by atoms with Crippen molar-refractivity contribution in [2.24, 2.45) is 0 Å². The van der Waals surface area contributed by atoms with Gasteiger partial charge in [-0.05, 0) is 26.0 Å². The number of aromatic carboxylic acids is 1. The molecular weight excluding hydrogens is 284 g/mol. The average molecular weight is 306 g/mol. The number of hydrogen-bond donors (Lipinski definition) is 1. The second-order valence-corrected chi connectivity index (χ2v) is 6.31. The number of hydrogen-bond acceptors (Lipinski definition) is 5. The summed E-state index contributed by atoms with van der Waals surface area (Å²) in [6.45, 7) is 6.25. The Morgan fingerprint density at radius 3 is 2.95 bits per heavy atom. The van der Waals surface area contributed by atoms with Crippen molar-refractivity contribution in [1.29, 1.82) is 0 Å². The Morgan fingerprint density at radius 1 is 1.41 bits per heavy atom. The summed E-state index contributed by atoms with van der Waals surface area (Å²) in [5.74, 6) is -0.300. The van der Waals surface area contributed by atoms with Gasteiger partial charge in [-0.3, -0.25) is 0 Å². The van der Waals surface area contributed by atoms with E-state index in [9.17, 15) is 4.79 Å². The molecule has 2 aliphatic heterocycles. The van der Waals surface area contributed by atoms with Crippen molar-refractivity contribution in [3.05, 3.63) is 23.9 Å². The number of carbonyl (C=O) groups is 1. The standard InChI is InChI=1S/C16H22N2O4/c1-11-8-16(6-7-21-11)10-18(9-12(2)22-16)14-5-3-4-13(17-14)15(19)20/h3-5,11-12H,6-10H2,1-2H3,(H,19,20). The first-order valence-electron chi connectivity index (χ1n) is 7.72. The minimum Gasteiger partial charge on any atom is -0.477 e. The molecule has 0 amide bonds. The van der Waals surface area contributed by atoms with Crippen molar-refractivity contribution in [3.63, 3.8) is 0 Å². The molecule has 3 rings (SSSR count). The van der Waals surface area contributed by atoms with Gasteiger partial charge in [-0.1, -0.05) is 6.07 Å². The smallest absolute Gasteiger partial charge is 0.354 e. The zero-order chi connectivity index (χ0) is 15.7. The van der Waals surface area contributed by atoms with E-state index < -0.39 is 5.97 Å². The van der Waals surface area contributed by atoms with E-state index in [0.717, 1.165) is 19.4 Å². The van der Waals surface area contributed by atoms with Crippen molar-refractivity contribution in [3.8, 4) is 0 Å². The first kappa shape index (κ1) is 15.2. The average Bonchev–Trinajstić information content (AvgIpc) is 2.46. The molecule has 0 radical (unpaired) electrons. The van der Waals surface area contributed by atoms with Gasteiger partial charge in [0.2, 0.25) is 0 Å². The molecule has 2 fully saturated rings. The third kappa shape index (κ3) is 3.08. The van der Waals surface area contributed by atoms with Crippen LogP contribution < -0.4 is 4.90 Å². The highest BCUT2D eigenvalue weighted by Gasteiger charge is 2.43. The first-order valence-corrected chi connectivity index (χ1v) is 7.72. The van der Waals surface area contributed by atoms with Crippen LogP contribution in [-0.2, 0) is 9.47 Å². The van der Waals surface area contributed by atoms with Gasteiger partial charge in [-0.2, -0.15) is 0 Å². The quantitative estimate of drug-likeness (QED) is 0.900. The summed E-state index contributed by atoms with van der Waals surface area (Å²) in [6, 6.07) is 5.12. The van der Waals surface area contributed by atoms with Gasteiger partial charge >= 0.3 is 5.97 Å². The Hall–Kier alpha value is -1.66. The van der Waals surface area contributed by atoms with E-state index >= 15 is 0 Å². The van der Waals surface area contributed by atoms with Gasteiger partial charge in [-0.25, -0.2) is 9.78 Å². The van der Waals surface area contributed by atoms with E-state index in [1.165, 1.54) is 6.07 Å². The summed E-state index contributed by atoms with van der Waals surface area (Å²) in [7, 11) is 0. The predicted octanol–water partition coefficient (Wildman–Crippen LogP) is 1.94. The first-order chi connectivity index (χ1) is 10.5. The number of anilines is 1. The molecule has 1 aromatic rings. The van der Waals surface area contributed by atoms with E-state index in [1.54, 1.807) is 6.07 Å². The van der Waals surface area contributed by atoms with Crippen LogP contribution in [0.15, 0.2) is 18.2 Å². The number of carboxylic acid groups (broad SMARTS) is 1. The molecule has 6 heteroatoms. The van der Waals surface area contributed by atoms with Crippen LogP contribution in [0.3, 0.4) is 0 Å². The number of pyridine rings is 1. The van der Waals surface area contributed by atoms with Crippen molar-refractivity contribution >= 4 is 11.8 Å². The Bertz CT molecular complexity index is 561. The lowest BCUT2D eigenvalue weighted by atomic mass is 9.88. The van der Waals surface area contributed by atoms with E-state index in [2.05, 4.69) is 23.7 Å². The lowest BCUT2D eigenvalue weighted by molar-refractivity contribution is -0.163. The van der Waals surface area contributed by atoms with Gasteiger partial charge in [0, 0.05) is 32.5 Å². The zero-order valence-corrected chi connectivity index (χ0v) is 13.0. The fourth-order valence-electron chi connectivity index (χ4n) is 3.50. The maximum absolute atomic E-state index is 11.1. The summed E-state index contributed by atoms with van der Waals surface area (Å²) in [5.41, 5.74) is -0.151. The fraction of sp³-hybridized carbons (Fsp3) is 0.625. The van der Waals surface area contributed by atoms with E-state index in [-0.39, 0.29) is 23.5 Å². The molecule has 120 valence electrons. The van der Waals surface area contributed by atoms with Crippen LogP contribution in [-0.4, -0.2) is 53.6 Å². The lowest BCUT2D eigenvalue weighted by Gasteiger charge is -2.49. The van der Waals surface area contributed by atoms with Crippen molar-refractivity contribution in [1.82, 2.24) is 4.98 Å². The van der Waals surface area contributed by atoms with Crippen LogP contribution in [0.5, 0.6) is 0 Å². The molecule has 6 nitrogen and oxygen atoms in total. The maximum atomic E-state index is 11.1. The second kappa shape index (κ2) is 5.85. The summed E-state index contributed by atoms with van der Waals surface area (Å²) in [5, 5.41) is 9.11. The highest BCUT2D eigenvalue weighted by atomic mass is 16.5.